The van der Waals surface area contributed by atoms with Crippen molar-refractivity contribution in [3.63, 3.8) is 0 Å². The molecular weight excluding hydrogens is 480 g/mol. The fourth-order valence-corrected chi connectivity index (χ4v) is 4.44. The molecule has 38 heavy (non-hydrogen) atoms. The Morgan fingerprint density at radius 2 is 1.37 bits per heavy atom. The summed E-state index contributed by atoms with van der Waals surface area (Å²) in [5.74, 6) is -2.58. The van der Waals surface area contributed by atoms with Gasteiger partial charge in [-0.1, -0.05) is 85.8 Å². The Morgan fingerprint density at radius 1 is 0.842 bits per heavy atom. The van der Waals surface area contributed by atoms with Gasteiger partial charge in [0.05, 0.1) is 0 Å². The number of likely N-dealkylation sites (tertiary alicyclic amines) is 1. The summed E-state index contributed by atoms with van der Waals surface area (Å²) in [5, 5.41) is 8.19. The van der Waals surface area contributed by atoms with E-state index in [9.17, 15) is 14.4 Å². The van der Waals surface area contributed by atoms with Gasteiger partial charge in [0.25, 0.3) is 0 Å². The van der Waals surface area contributed by atoms with Gasteiger partial charge in [-0.15, -0.1) is 0 Å². The molecule has 1 amide bonds. The number of piperidine rings is 1. The van der Waals surface area contributed by atoms with Crippen LogP contribution in [-0.2, 0) is 32.1 Å². The van der Waals surface area contributed by atoms with Crippen molar-refractivity contribution in [3.05, 3.63) is 102 Å². The van der Waals surface area contributed by atoms with E-state index in [-0.39, 0.29) is 12.5 Å². The molecule has 0 saturated carbocycles. The number of amides is 1. The normalized spacial score (nSPS) is 13.6. The summed E-state index contributed by atoms with van der Waals surface area (Å²) in [6.07, 6.45) is 3.76. The Kier molecular flexibility index (Phi) is 11.5. The summed E-state index contributed by atoms with van der Waals surface area (Å²) < 4.78 is 4.45. The first kappa shape index (κ1) is 28.6. The van der Waals surface area contributed by atoms with Crippen LogP contribution in [0.25, 0.3) is 0 Å². The lowest BCUT2D eigenvalue weighted by molar-refractivity contribution is -0.164. The molecule has 1 aliphatic rings. The molecule has 0 unspecified atom stereocenters. The molecule has 1 saturated heterocycles. The molecule has 0 atom stereocenters. The highest BCUT2D eigenvalue weighted by Crippen LogP contribution is 2.24. The number of esters is 1. The maximum atomic E-state index is 12.5. The van der Waals surface area contributed by atoms with Crippen LogP contribution in [0.4, 0.5) is 5.69 Å². The van der Waals surface area contributed by atoms with Crippen LogP contribution in [0.1, 0.15) is 37.3 Å². The van der Waals surface area contributed by atoms with Crippen LogP contribution in [0.3, 0.4) is 0 Å². The molecule has 0 spiro atoms. The first-order chi connectivity index (χ1) is 18.5. The monoisotopic (exact) mass is 516 g/mol. The Morgan fingerprint density at radius 3 is 1.89 bits per heavy atom. The summed E-state index contributed by atoms with van der Waals surface area (Å²) >= 11 is 0. The van der Waals surface area contributed by atoms with Crippen molar-refractivity contribution in [1.29, 1.82) is 0 Å². The predicted octanol–water partition coefficient (Wildman–Crippen LogP) is 4.95. The molecule has 0 aliphatic carbocycles. The molecule has 1 fully saturated rings. The molecule has 1 N–H and O–H groups in total. The third-order valence-corrected chi connectivity index (χ3v) is 6.47. The average Bonchev–Trinajstić information content (AvgIpc) is 2.97. The van der Waals surface area contributed by atoms with Crippen molar-refractivity contribution < 1.29 is 24.2 Å². The number of nitrogens with zero attached hydrogens (tertiary/aromatic N) is 2. The van der Waals surface area contributed by atoms with Gasteiger partial charge in [-0.05, 0) is 42.5 Å². The van der Waals surface area contributed by atoms with Gasteiger partial charge in [0.2, 0.25) is 5.91 Å². The summed E-state index contributed by atoms with van der Waals surface area (Å²) in [6, 6.07) is 30.0. The molecule has 0 radical (unpaired) electrons. The number of hydrogen-bond donors (Lipinski definition) is 1. The largest absolute Gasteiger partial charge is 0.473 e. The molecule has 7 heteroatoms. The third-order valence-electron chi connectivity index (χ3n) is 6.47. The van der Waals surface area contributed by atoms with E-state index in [1.165, 1.54) is 5.56 Å². The van der Waals surface area contributed by atoms with Crippen LogP contribution >= 0.6 is 0 Å². The third kappa shape index (κ3) is 9.16. The van der Waals surface area contributed by atoms with Crippen LogP contribution in [0.5, 0.6) is 0 Å². The van der Waals surface area contributed by atoms with E-state index in [1.807, 2.05) is 36.1 Å². The van der Waals surface area contributed by atoms with Crippen molar-refractivity contribution in [3.8, 4) is 0 Å². The second-order valence-corrected chi connectivity index (χ2v) is 9.13. The topological polar surface area (TPSA) is 87.2 Å². The van der Waals surface area contributed by atoms with Crippen LogP contribution in [0.15, 0.2) is 91.0 Å². The van der Waals surface area contributed by atoms with Crippen molar-refractivity contribution in [2.45, 2.75) is 45.3 Å². The number of aliphatic carboxylic acids is 1. The predicted molar refractivity (Wildman–Crippen MR) is 148 cm³/mol. The highest BCUT2D eigenvalue weighted by Gasteiger charge is 2.28. The lowest BCUT2D eigenvalue weighted by Gasteiger charge is -2.38. The molecular formula is C31H36N2O5. The van der Waals surface area contributed by atoms with E-state index in [4.69, 9.17) is 5.11 Å². The Hall–Kier alpha value is -3.97. The molecule has 1 aliphatic heterocycles. The number of carboxylic acids is 1. The van der Waals surface area contributed by atoms with Gasteiger partial charge in [-0.2, -0.15) is 0 Å². The fraction of sp³-hybridized carbons (Fsp3) is 0.323. The lowest BCUT2D eigenvalue weighted by Crippen LogP contribution is -2.47. The fourth-order valence-electron chi connectivity index (χ4n) is 4.44. The molecule has 200 valence electrons. The Labute approximate surface area is 224 Å². The molecule has 0 bridgehead atoms. The average molecular weight is 517 g/mol. The molecule has 7 nitrogen and oxygen atoms in total. The number of carbonyl (C=O) groups is 3. The zero-order valence-electron chi connectivity index (χ0n) is 21.9. The van der Waals surface area contributed by atoms with Crippen molar-refractivity contribution in [2.24, 2.45) is 0 Å². The standard InChI is InChI=1S/C22H28N2O.C9H8O4/c1-2-22(25)24(20-11-7-4-8-12-20)21-14-17-23(18-15-21)16-13-19-9-5-3-6-10-19;10-8(11)9(12)13-6-7-4-2-1-3-5-7/h3-12,21H,2,13-18H2,1H3;1-5H,6H2,(H,10,11). The molecule has 4 rings (SSSR count). The van der Waals surface area contributed by atoms with E-state index in [0.29, 0.717) is 12.5 Å². The number of anilines is 1. The quantitative estimate of drug-likeness (QED) is 0.337. The maximum absolute atomic E-state index is 12.5. The highest BCUT2D eigenvalue weighted by atomic mass is 16.6. The zero-order chi connectivity index (χ0) is 27.2. The summed E-state index contributed by atoms with van der Waals surface area (Å²) in [7, 11) is 0. The van der Waals surface area contributed by atoms with Gasteiger partial charge in [0.1, 0.15) is 6.61 Å². The summed E-state index contributed by atoms with van der Waals surface area (Å²) in [6.45, 7) is 5.18. The number of carbonyl (C=O) groups excluding carboxylic acids is 2. The first-order valence-corrected chi connectivity index (χ1v) is 13.0. The molecule has 3 aromatic carbocycles. The molecule has 3 aromatic rings. The number of para-hydroxylation sites is 1. The van der Waals surface area contributed by atoms with Gasteiger partial charge in [-0.3, -0.25) is 4.79 Å². The molecule has 0 aromatic heterocycles. The highest BCUT2D eigenvalue weighted by molar-refractivity contribution is 6.28. The molecule has 1 heterocycles. The van der Waals surface area contributed by atoms with Gasteiger partial charge >= 0.3 is 11.9 Å². The van der Waals surface area contributed by atoms with Crippen LogP contribution < -0.4 is 4.90 Å². The van der Waals surface area contributed by atoms with E-state index in [1.54, 1.807) is 24.3 Å². The maximum Gasteiger partial charge on any atom is 0.417 e. The van der Waals surface area contributed by atoms with Crippen molar-refractivity contribution >= 4 is 23.5 Å². The van der Waals surface area contributed by atoms with Gasteiger partial charge in [-0.25, -0.2) is 9.59 Å². The second-order valence-electron chi connectivity index (χ2n) is 9.13. The lowest BCUT2D eigenvalue weighted by atomic mass is 10.0. The number of ether oxygens (including phenoxy) is 1. The first-order valence-electron chi connectivity index (χ1n) is 13.0. The number of benzene rings is 3. The van der Waals surface area contributed by atoms with Gasteiger partial charge < -0.3 is 19.6 Å². The minimum atomic E-state index is -1.57. The minimum Gasteiger partial charge on any atom is -0.473 e. The number of carboxylic acid groups (broad SMARTS) is 1. The van der Waals surface area contributed by atoms with E-state index >= 15 is 0 Å². The summed E-state index contributed by atoms with van der Waals surface area (Å²) in [4.78, 5) is 37.6. The zero-order valence-corrected chi connectivity index (χ0v) is 21.9. The number of hydrogen-bond acceptors (Lipinski definition) is 5. The van der Waals surface area contributed by atoms with Crippen molar-refractivity contribution in [2.75, 3.05) is 24.5 Å². The van der Waals surface area contributed by atoms with Crippen LogP contribution in [-0.4, -0.2) is 53.5 Å². The summed E-state index contributed by atoms with van der Waals surface area (Å²) in [5.41, 5.74) is 3.20. The smallest absolute Gasteiger partial charge is 0.417 e. The van der Waals surface area contributed by atoms with Crippen LogP contribution in [0, 0.1) is 0 Å². The van der Waals surface area contributed by atoms with Gasteiger partial charge in [0, 0.05) is 37.8 Å². The minimum absolute atomic E-state index is 0.00796. The van der Waals surface area contributed by atoms with Crippen molar-refractivity contribution in [1.82, 2.24) is 4.90 Å². The Bertz CT molecular complexity index is 1130. The Balaban J connectivity index is 0.000000260. The number of rotatable bonds is 8. The van der Waals surface area contributed by atoms with E-state index < -0.39 is 11.9 Å². The van der Waals surface area contributed by atoms with E-state index in [0.717, 1.165) is 50.1 Å². The van der Waals surface area contributed by atoms with E-state index in [2.05, 4.69) is 52.1 Å². The second kappa shape index (κ2) is 15.3. The van der Waals surface area contributed by atoms with Crippen LogP contribution in [0.2, 0.25) is 0 Å². The SMILES string of the molecule is CCC(=O)N(c1ccccc1)C1CCN(CCc2ccccc2)CC1.O=C(O)C(=O)OCc1ccccc1. The van der Waals surface area contributed by atoms with Gasteiger partial charge in [0.15, 0.2) is 0 Å².